The molecule has 1 fully saturated rings. The number of aryl methyl sites for hydroxylation is 1. The fourth-order valence-corrected chi connectivity index (χ4v) is 4.90. The minimum atomic E-state index is 0.427. The Bertz CT molecular complexity index is 971. The topological polar surface area (TPSA) is 43.8 Å². The Morgan fingerprint density at radius 2 is 1.93 bits per heavy atom. The molecule has 0 radical (unpaired) electrons. The lowest BCUT2D eigenvalue weighted by molar-refractivity contribution is 0.320. The fourth-order valence-electron chi connectivity index (χ4n) is 4.39. The highest BCUT2D eigenvalue weighted by atomic mass is 35.5. The highest BCUT2D eigenvalue weighted by Crippen LogP contribution is 2.38. The van der Waals surface area contributed by atoms with Gasteiger partial charge in [-0.05, 0) is 43.4 Å². The standard InChI is InChI=1S/C22H25Cl2N3/c1-14-18(10-25)22(17-8-7-16(23)9-20(17)24)19-12-27(13-21(19)26-14)11-15-5-3-2-4-6-15/h7-9,12-13,15H,2-6,10-11,25H2,1H3. The second kappa shape index (κ2) is 7.83. The Hall–Kier alpha value is -1.55. The van der Waals surface area contributed by atoms with Gasteiger partial charge in [-0.15, -0.1) is 0 Å². The van der Waals surface area contributed by atoms with Gasteiger partial charge in [0.25, 0.3) is 0 Å². The molecule has 2 N–H and O–H groups in total. The predicted molar refractivity (Wildman–Crippen MR) is 114 cm³/mol. The first-order valence-electron chi connectivity index (χ1n) is 9.71. The van der Waals surface area contributed by atoms with Crippen molar-refractivity contribution in [3.05, 3.63) is 51.9 Å². The van der Waals surface area contributed by atoms with Crippen molar-refractivity contribution >= 4 is 34.1 Å². The van der Waals surface area contributed by atoms with Gasteiger partial charge in [0.2, 0.25) is 0 Å². The van der Waals surface area contributed by atoms with E-state index < -0.39 is 0 Å². The summed E-state index contributed by atoms with van der Waals surface area (Å²) in [6.45, 7) is 3.51. The Morgan fingerprint density at radius 3 is 2.63 bits per heavy atom. The number of halogens is 2. The Labute approximate surface area is 170 Å². The van der Waals surface area contributed by atoms with E-state index in [0.29, 0.717) is 16.6 Å². The molecular formula is C22H25Cl2N3. The minimum absolute atomic E-state index is 0.427. The van der Waals surface area contributed by atoms with Gasteiger partial charge in [0, 0.05) is 57.7 Å². The molecule has 5 heteroatoms. The van der Waals surface area contributed by atoms with Gasteiger partial charge >= 0.3 is 0 Å². The van der Waals surface area contributed by atoms with Crippen molar-refractivity contribution in [2.24, 2.45) is 11.7 Å². The van der Waals surface area contributed by atoms with E-state index in [0.717, 1.165) is 45.7 Å². The number of hydrogen-bond donors (Lipinski definition) is 1. The largest absolute Gasteiger partial charge is 0.351 e. The zero-order valence-corrected chi connectivity index (χ0v) is 17.2. The Balaban J connectivity index is 1.84. The van der Waals surface area contributed by atoms with E-state index in [1.165, 1.54) is 32.1 Å². The molecule has 0 aliphatic heterocycles. The number of pyridine rings is 1. The van der Waals surface area contributed by atoms with Gasteiger partial charge in [-0.3, -0.25) is 4.98 Å². The van der Waals surface area contributed by atoms with Crippen LogP contribution in [0.1, 0.15) is 43.4 Å². The first kappa shape index (κ1) is 18.8. The highest BCUT2D eigenvalue weighted by molar-refractivity contribution is 6.36. The first-order valence-corrected chi connectivity index (χ1v) is 10.5. The van der Waals surface area contributed by atoms with E-state index in [4.69, 9.17) is 33.9 Å². The van der Waals surface area contributed by atoms with Crippen LogP contribution in [0.15, 0.2) is 30.6 Å². The van der Waals surface area contributed by atoms with Crippen LogP contribution >= 0.6 is 23.2 Å². The lowest BCUT2D eigenvalue weighted by Crippen LogP contribution is -2.12. The van der Waals surface area contributed by atoms with Gasteiger partial charge in [-0.2, -0.15) is 0 Å². The molecule has 1 aliphatic rings. The van der Waals surface area contributed by atoms with E-state index in [1.807, 2.05) is 19.1 Å². The van der Waals surface area contributed by atoms with Gasteiger partial charge in [-0.1, -0.05) is 48.5 Å². The van der Waals surface area contributed by atoms with Gasteiger partial charge in [0.05, 0.1) is 5.52 Å². The average molecular weight is 402 g/mol. The molecule has 0 saturated heterocycles. The van der Waals surface area contributed by atoms with Crippen LogP contribution < -0.4 is 5.73 Å². The third-order valence-electron chi connectivity index (χ3n) is 5.75. The minimum Gasteiger partial charge on any atom is -0.351 e. The lowest BCUT2D eigenvalue weighted by Gasteiger charge is -2.21. The zero-order valence-electron chi connectivity index (χ0n) is 15.6. The van der Waals surface area contributed by atoms with Gasteiger partial charge in [-0.25, -0.2) is 0 Å². The van der Waals surface area contributed by atoms with Crippen LogP contribution in [0.25, 0.3) is 22.0 Å². The number of benzene rings is 1. The predicted octanol–water partition coefficient (Wildman–Crippen LogP) is 6.36. The van der Waals surface area contributed by atoms with Crippen LogP contribution in [0.2, 0.25) is 10.0 Å². The van der Waals surface area contributed by atoms with Crippen molar-refractivity contribution < 1.29 is 0 Å². The molecule has 0 atom stereocenters. The van der Waals surface area contributed by atoms with Crippen LogP contribution in [0, 0.1) is 12.8 Å². The summed E-state index contributed by atoms with van der Waals surface area (Å²) in [5.41, 5.74) is 11.2. The van der Waals surface area contributed by atoms with Crippen LogP contribution in [-0.2, 0) is 13.1 Å². The van der Waals surface area contributed by atoms with Gasteiger partial charge in [0.15, 0.2) is 0 Å². The van der Waals surface area contributed by atoms with Gasteiger partial charge in [0.1, 0.15) is 0 Å². The van der Waals surface area contributed by atoms with E-state index in [9.17, 15) is 0 Å². The maximum Gasteiger partial charge on any atom is 0.0888 e. The summed E-state index contributed by atoms with van der Waals surface area (Å²) in [7, 11) is 0. The van der Waals surface area contributed by atoms with Crippen LogP contribution in [-0.4, -0.2) is 9.55 Å². The van der Waals surface area contributed by atoms with Crippen LogP contribution in [0.4, 0.5) is 0 Å². The van der Waals surface area contributed by atoms with Gasteiger partial charge < -0.3 is 10.3 Å². The molecule has 1 saturated carbocycles. The molecule has 27 heavy (non-hydrogen) atoms. The molecule has 0 amide bonds. The van der Waals surface area contributed by atoms with Crippen molar-refractivity contribution in [3.63, 3.8) is 0 Å². The molecule has 3 nitrogen and oxygen atoms in total. The number of nitrogens with two attached hydrogens (primary N) is 1. The average Bonchev–Trinajstić information content (AvgIpc) is 3.03. The third-order valence-corrected chi connectivity index (χ3v) is 6.30. The number of fused-ring (bicyclic) bond motifs is 1. The maximum atomic E-state index is 6.56. The molecule has 0 bridgehead atoms. The normalized spacial score (nSPS) is 15.6. The van der Waals surface area contributed by atoms with E-state index in [1.54, 1.807) is 6.07 Å². The molecule has 2 heterocycles. The molecule has 0 spiro atoms. The molecule has 0 unspecified atom stereocenters. The van der Waals surface area contributed by atoms with Crippen molar-refractivity contribution in [2.45, 2.75) is 52.1 Å². The number of aromatic nitrogens is 2. The molecule has 142 valence electrons. The highest BCUT2D eigenvalue weighted by Gasteiger charge is 2.19. The smallest absolute Gasteiger partial charge is 0.0888 e. The number of nitrogens with zero attached hydrogens (tertiary/aromatic N) is 2. The monoisotopic (exact) mass is 401 g/mol. The molecule has 1 aromatic carbocycles. The summed E-state index contributed by atoms with van der Waals surface area (Å²) in [5.74, 6) is 0.762. The summed E-state index contributed by atoms with van der Waals surface area (Å²) in [6, 6.07) is 5.65. The number of hydrogen-bond acceptors (Lipinski definition) is 2. The lowest BCUT2D eigenvalue weighted by atomic mass is 9.89. The zero-order chi connectivity index (χ0) is 19.0. The summed E-state index contributed by atoms with van der Waals surface area (Å²) in [4.78, 5) is 4.82. The fraction of sp³-hybridized carbons (Fsp3) is 0.409. The Morgan fingerprint density at radius 1 is 1.15 bits per heavy atom. The van der Waals surface area contributed by atoms with E-state index in [2.05, 4.69) is 17.0 Å². The molecule has 2 aromatic heterocycles. The molecule has 3 aromatic rings. The van der Waals surface area contributed by atoms with Crippen LogP contribution in [0.3, 0.4) is 0 Å². The summed E-state index contributed by atoms with van der Waals surface area (Å²) in [6.07, 6.45) is 11.1. The Kier molecular flexibility index (Phi) is 5.45. The van der Waals surface area contributed by atoms with Crippen molar-refractivity contribution in [3.8, 4) is 11.1 Å². The van der Waals surface area contributed by atoms with Crippen LogP contribution in [0.5, 0.6) is 0 Å². The van der Waals surface area contributed by atoms with Crippen molar-refractivity contribution in [1.29, 1.82) is 0 Å². The van der Waals surface area contributed by atoms with E-state index in [-0.39, 0.29) is 0 Å². The molecule has 4 rings (SSSR count). The molecule has 1 aliphatic carbocycles. The molecular weight excluding hydrogens is 377 g/mol. The van der Waals surface area contributed by atoms with Crippen molar-refractivity contribution in [1.82, 2.24) is 9.55 Å². The summed E-state index contributed by atoms with van der Waals surface area (Å²) >= 11 is 12.7. The number of rotatable bonds is 4. The SMILES string of the molecule is Cc1nc2cn(CC3CCCCC3)cc2c(-c2ccc(Cl)cc2Cl)c1CN. The quantitative estimate of drug-likeness (QED) is 0.552. The summed E-state index contributed by atoms with van der Waals surface area (Å²) in [5, 5.41) is 2.39. The summed E-state index contributed by atoms with van der Waals surface area (Å²) < 4.78 is 2.31. The third kappa shape index (κ3) is 3.73. The second-order valence-electron chi connectivity index (χ2n) is 7.64. The first-order chi connectivity index (χ1) is 13.1. The van der Waals surface area contributed by atoms with E-state index >= 15 is 0 Å². The van der Waals surface area contributed by atoms with Crippen molar-refractivity contribution in [2.75, 3.05) is 0 Å². The maximum absolute atomic E-state index is 6.56. The second-order valence-corrected chi connectivity index (χ2v) is 8.48.